The van der Waals surface area contributed by atoms with E-state index in [-0.39, 0.29) is 0 Å². The standard InChI is InChI=1S/C10H12Br2N2/c1-2-7(5-13)3-10-9(12)4-8(11)6-14-10/h3-4,6H,2,5,13H2,1H3. The van der Waals surface area contributed by atoms with E-state index in [0.29, 0.717) is 6.54 Å². The third-order valence-corrected chi connectivity index (χ3v) is 2.96. The lowest BCUT2D eigenvalue weighted by molar-refractivity contribution is 1.02. The molecule has 0 unspecified atom stereocenters. The largest absolute Gasteiger partial charge is 0.327 e. The van der Waals surface area contributed by atoms with E-state index in [4.69, 9.17) is 5.73 Å². The van der Waals surface area contributed by atoms with Crippen molar-refractivity contribution in [3.63, 3.8) is 0 Å². The zero-order valence-electron chi connectivity index (χ0n) is 7.93. The smallest absolute Gasteiger partial charge is 0.0772 e. The van der Waals surface area contributed by atoms with Gasteiger partial charge in [0.05, 0.1) is 5.69 Å². The van der Waals surface area contributed by atoms with Gasteiger partial charge in [0.1, 0.15) is 0 Å². The molecular weight excluding hydrogens is 308 g/mol. The van der Waals surface area contributed by atoms with Gasteiger partial charge in [0, 0.05) is 21.7 Å². The maximum atomic E-state index is 5.59. The molecule has 0 aromatic carbocycles. The summed E-state index contributed by atoms with van der Waals surface area (Å²) in [5, 5.41) is 0. The molecule has 0 aliphatic rings. The summed E-state index contributed by atoms with van der Waals surface area (Å²) in [5.41, 5.74) is 7.71. The number of rotatable bonds is 3. The van der Waals surface area contributed by atoms with Crippen molar-refractivity contribution in [1.82, 2.24) is 4.98 Å². The van der Waals surface area contributed by atoms with Gasteiger partial charge in [-0.3, -0.25) is 4.98 Å². The molecule has 0 saturated carbocycles. The molecule has 1 heterocycles. The first-order valence-corrected chi connectivity index (χ1v) is 5.96. The summed E-state index contributed by atoms with van der Waals surface area (Å²) in [6.07, 6.45) is 4.76. The molecule has 0 radical (unpaired) electrons. The van der Waals surface area contributed by atoms with Gasteiger partial charge < -0.3 is 5.73 Å². The number of pyridine rings is 1. The van der Waals surface area contributed by atoms with E-state index in [0.717, 1.165) is 21.1 Å². The van der Waals surface area contributed by atoms with E-state index in [1.165, 1.54) is 5.57 Å². The van der Waals surface area contributed by atoms with Crippen LogP contribution < -0.4 is 5.73 Å². The van der Waals surface area contributed by atoms with Crippen molar-refractivity contribution in [2.75, 3.05) is 6.54 Å². The predicted molar refractivity (Wildman–Crippen MR) is 67.0 cm³/mol. The van der Waals surface area contributed by atoms with Gasteiger partial charge >= 0.3 is 0 Å². The molecule has 0 spiro atoms. The molecule has 0 atom stereocenters. The second kappa shape index (κ2) is 5.63. The van der Waals surface area contributed by atoms with E-state index >= 15 is 0 Å². The van der Waals surface area contributed by atoms with E-state index < -0.39 is 0 Å². The van der Waals surface area contributed by atoms with Crippen molar-refractivity contribution in [2.45, 2.75) is 13.3 Å². The van der Waals surface area contributed by atoms with Crippen molar-refractivity contribution in [1.29, 1.82) is 0 Å². The Bertz CT molecular complexity index is 342. The lowest BCUT2D eigenvalue weighted by Gasteiger charge is -2.02. The first kappa shape index (κ1) is 11.9. The molecule has 0 bridgehead atoms. The fourth-order valence-corrected chi connectivity index (χ4v) is 2.13. The molecule has 0 amide bonds. The van der Waals surface area contributed by atoms with Gasteiger partial charge in [0.2, 0.25) is 0 Å². The molecule has 4 heteroatoms. The summed E-state index contributed by atoms with van der Waals surface area (Å²) >= 11 is 6.81. The van der Waals surface area contributed by atoms with Gasteiger partial charge in [0.25, 0.3) is 0 Å². The summed E-state index contributed by atoms with van der Waals surface area (Å²) in [5.74, 6) is 0. The van der Waals surface area contributed by atoms with Crippen LogP contribution in [0, 0.1) is 0 Å². The van der Waals surface area contributed by atoms with Crippen LogP contribution in [0.2, 0.25) is 0 Å². The number of aromatic nitrogens is 1. The fourth-order valence-electron chi connectivity index (χ4n) is 1.03. The van der Waals surface area contributed by atoms with Gasteiger partial charge in [-0.15, -0.1) is 0 Å². The maximum Gasteiger partial charge on any atom is 0.0772 e. The topological polar surface area (TPSA) is 38.9 Å². The van der Waals surface area contributed by atoms with E-state index in [1.807, 2.05) is 12.1 Å². The zero-order valence-corrected chi connectivity index (χ0v) is 11.1. The van der Waals surface area contributed by atoms with Gasteiger partial charge in [-0.1, -0.05) is 12.5 Å². The van der Waals surface area contributed by atoms with Crippen LogP contribution in [-0.4, -0.2) is 11.5 Å². The highest BCUT2D eigenvalue weighted by atomic mass is 79.9. The molecule has 0 aliphatic carbocycles. The lowest BCUT2D eigenvalue weighted by Crippen LogP contribution is -2.02. The molecule has 0 aliphatic heterocycles. The molecule has 76 valence electrons. The molecule has 0 saturated heterocycles. The Labute approximate surface area is 101 Å². The van der Waals surface area contributed by atoms with E-state index in [2.05, 4.69) is 43.8 Å². The second-order valence-electron chi connectivity index (χ2n) is 2.88. The highest BCUT2D eigenvalue weighted by Crippen LogP contribution is 2.21. The molecule has 1 aromatic rings. The Balaban J connectivity index is 3.02. The van der Waals surface area contributed by atoms with Gasteiger partial charge in [0.15, 0.2) is 0 Å². The summed E-state index contributed by atoms with van der Waals surface area (Å²) in [6.45, 7) is 2.67. The van der Waals surface area contributed by atoms with Crippen molar-refractivity contribution < 1.29 is 0 Å². The van der Waals surface area contributed by atoms with Crippen molar-refractivity contribution >= 4 is 37.9 Å². The third-order valence-electron chi connectivity index (χ3n) is 1.89. The van der Waals surface area contributed by atoms with Crippen LogP contribution in [0.5, 0.6) is 0 Å². The van der Waals surface area contributed by atoms with Crippen LogP contribution in [0.1, 0.15) is 19.0 Å². The van der Waals surface area contributed by atoms with Crippen LogP contribution in [-0.2, 0) is 0 Å². The molecule has 1 aromatic heterocycles. The minimum absolute atomic E-state index is 0.584. The Morgan fingerprint density at radius 3 is 2.79 bits per heavy atom. The minimum Gasteiger partial charge on any atom is -0.327 e. The summed E-state index contributed by atoms with van der Waals surface area (Å²) in [6, 6.07) is 1.97. The first-order valence-electron chi connectivity index (χ1n) is 4.38. The number of nitrogens with zero attached hydrogens (tertiary/aromatic N) is 1. The molecule has 2 N–H and O–H groups in total. The van der Waals surface area contributed by atoms with Crippen LogP contribution in [0.3, 0.4) is 0 Å². The second-order valence-corrected chi connectivity index (χ2v) is 4.65. The minimum atomic E-state index is 0.584. The molecule has 2 nitrogen and oxygen atoms in total. The fraction of sp³-hybridized carbons (Fsp3) is 0.300. The molecular formula is C10H12Br2N2. The summed E-state index contributed by atoms with van der Waals surface area (Å²) in [4.78, 5) is 4.29. The Morgan fingerprint density at radius 1 is 1.57 bits per heavy atom. The van der Waals surface area contributed by atoms with Crippen LogP contribution in [0.4, 0.5) is 0 Å². The normalized spacial score (nSPS) is 11.9. The summed E-state index contributed by atoms with van der Waals surface area (Å²) < 4.78 is 1.94. The van der Waals surface area contributed by atoms with E-state index in [9.17, 15) is 0 Å². The van der Waals surface area contributed by atoms with Gasteiger partial charge in [-0.2, -0.15) is 0 Å². The van der Waals surface area contributed by atoms with Crippen molar-refractivity contribution in [2.24, 2.45) is 5.73 Å². The average Bonchev–Trinajstić information content (AvgIpc) is 2.17. The molecule has 14 heavy (non-hydrogen) atoms. The molecule has 1 rings (SSSR count). The number of hydrogen-bond acceptors (Lipinski definition) is 2. The highest BCUT2D eigenvalue weighted by molar-refractivity contribution is 9.11. The zero-order chi connectivity index (χ0) is 10.6. The van der Waals surface area contributed by atoms with Crippen molar-refractivity contribution in [3.05, 3.63) is 32.5 Å². The van der Waals surface area contributed by atoms with Crippen LogP contribution in [0.25, 0.3) is 6.08 Å². The third kappa shape index (κ3) is 3.19. The number of halogens is 2. The van der Waals surface area contributed by atoms with Crippen LogP contribution in [0.15, 0.2) is 26.8 Å². The first-order chi connectivity index (χ1) is 6.67. The lowest BCUT2D eigenvalue weighted by atomic mass is 10.1. The van der Waals surface area contributed by atoms with Gasteiger partial charge in [-0.25, -0.2) is 0 Å². The molecule has 0 fully saturated rings. The number of nitrogens with two attached hydrogens (primary N) is 1. The average molecular weight is 320 g/mol. The predicted octanol–water partition coefficient (Wildman–Crippen LogP) is 3.36. The SMILES string of the molecule is CCC(=Cc1ncc(Br)cc1Br)CN. The summed E-state index contributed by atoms with van der Waals surface area (Å²) in [7, 11) is 0. The number of hydrogen-bond donors (Lipinski definition) is 1. The maximum absolute atomic E-state index is 5.59. The Morgan fingerprint density at radius 2 is 2.29 bits per heavy atom. The van der Waals surface area contributed by atoms with Crippen LogP contribution >= 0.6 is 31.9 Å². The Hall–Kier alpha value is -0.190. The Kier molecular flexibility index (Phi) is 4.78. The van der Waals surface area contributed by atoms with Gasteiger partial charge in [-0.05, 0) is 50.4 Å². The monoisotopic (exact) mass is 318 g/mol. The quantitative estimate of drug-likeness (QED) is 0.927. The highest BCUT2D eigenvalue weighted by Gasteiger charge is 2.00. The van der Waals surface area contributed by atoms with E-state index in [1.54, 1.807) is 6.20 Å². The van der Waals surface area contributed by atoms with Crippen molar-refractivity contribution in [3.8, 4) is 0 Å².